The van der Waals surface area contributed by atoms with Crippen molar-refractivity contribution < 1.29 is 27.3 Å². The van der Waals surface area contributed by atoms with Crippen LogP contribution in [-0.4, -0.2) is 26.4 Å². The van der Waals surface area contributed by atoms with Crippen LogP contribution in [0.1, 0.15) is 10.4 Å². The highest BCUT2D eigenvalue weighted by Crippen LogP contribution is 2.27. The van der Waals surface area contributed by atoms with Gasteiger partial charge in [-0.2, -0.15) is 4.39 Å². The Kier molecular flexibility index (Phi) is 4.88. The molecule has 0 heterocycles. The van der Waals surface area contributed by atoms with Crippen LogP contribution in [0.2, 0.25) is 0 Å². The van der Waals surface area contributed by atoms with Gasteiger partial charge in [-0.25, -0.2) is 13.2 Å². The molecule has 11 heteroatoms. The van der Waals surface area contributed by atoms with Gasteiger partial charge in [-0.1, -0.05) is 6.07 Å². The van der Waals surface area contributed by atoms with Crippen molar-refractivity contribution in [1.29, 1.82) is 0 Å². The summed E-state index contributed by atoms with van der Waals surface area (Å²) in [5, 5.41) is 10.6. The number of hydrogen-bond donors (Lipinski definition) is 2. The van der Waals surface area contributed by atoms with E-state index in [4.69, 9.17) is 5.73 Å². The quantitative estimate of drug-likeness (QED) is 0.355. The molecule has 9 nitrogen and oxygen atoms in total. The number of para-hydroxylation sites is 1. The van der Waals surface area contributed by atoms with Gasteiger partial charge in [0.15, 0.2) is 0 Å². The fourth-order valence-corrected chi connectivity index (χ4v) is 3.04. The number of methoxy groups -OCH3 is 1. The Morgan fingerprint density at radius 2 is 2.00 bits per heavy atom. The van der Waals surface area contributed by atoms with E-state index in [0.29, 0.717) is 6.07 Å². The molecule has 0 bridgehead atoms. The minimum absolute atomic E-state index is 0.0578. The number of halogens is 1. The highest BCUT2D eigenvalue weighted by atomic mass is 32.2. The molecule has 0 radical (unpaired) electrons. The molecular weight excluding hydrogens is 357 g/mol. The second-order valence-electron chi connectivity index (χ2n) is 4.73. The molecule has 0 saturated carbocycles. The summed E-state index contributed by atoms with van der Waals surface area (Å²) in [6, 6.07) is 6.13. The number of carbonyl (C=O) groups excluding carboxylic acids is 1. The van der Waals surface area contributed by atoms with Crippen LogP contribution in [0, 0.1) is 15.9 Å². The lowest BCUT2D eigenvalue weighted by Crippen LogP contribution is -2.16. The first-order chi connectivity index (χ1) is 11.7. The summed E-state index contributed by atoms with van der Waals surface area (Å²) in [5.41, 5.74) is 4.53. The number of nitrogens with zero attached hydrogens (tertiary/aromatic N) is 1. The highest BCUT2D eigenvalue weighted by molar-refractivity contribution is 7.92. The van der Waals surface area contributed by atoms with Gasteiger partial charge in [-0.3, -0.25) is 14.8 Å². The number of anilines is 2. The maximum absolute atomic E-state index is 13.6. The van der Waals surface area contributed by atoms with Gasteiger partial charge in [0, 0.05) is 12.1 Å². The molecule has 132 valence electrons. The van der Waals surface area contributed by atoms with Crippen LogP contribution in [0.3, 0.4) is 0 Å². The minimum Gasteiger partial charge on any atom is -0.465 e. The van der Waals surface area contributed by atoms with E-state index in [1.165, 1.54) is 18.2 Å². The Hall–Kier alpha value is -3.21. The molecule has 0 amide bonds. The summed E-state index contributed by atoms with van der Waals surface area (Å²) in [7, 11) is -3.16. The van der Waals surface area contributed by atoms with Gasteiger partial charge in [0.2, 0.25) is 5.82 Å². The van der Waals surface area contributed by atoms with Crippen LogP contribution in [0.5, 0.6) is 0 Å². The molecule has 0 atom stereocenters. The Bertz CT molecular complexity index is 961. The molecular formula is C14H12FN3O6S. The van der Waals surface area contributed by atoms with Gasteiger partial charge >= 0.3 is 11.7 Å². The van der Waals surface area contributed by atoms with Crippen LogP contribution in [0.4, 0.5) is 21.5 Å². The summed E-state index contributed by atoms with van der Waals surface area (Å²) < 4.78 is 44.9. The largest absolute Gasteiger partial charge is 0.465 e. The van der Waals surface area contributed by atoms with Gasteiger partial charge in [0.25, 0.3) is 10.0 Å². The Labute approximate surface area is 141 Å². The molecule has 2 rings (SSSR count). The molecule has 0 unspecified atom stereocenters. The summed E-state index contributed by atoms with van der Waals surface area (Å²) in [4.78, 5) is 20.6. The smallest absolute Gasteiger partial charge is 0.340 e. The van der Waals surface area contributed by atoms with Crippen LogP contribution in [0.15, 0.2) is 41.3 Å². The molecule has 0 aromatic heterocycles. The Balaban J connectivity index is 2.42. The Morgan fingerprint density at radius 3 is 2.56 bits per heavy atom. The van der Waals surface area contributed by atoms with Gasteiger partial charge in [-0.05, 0) is 18.2 Å². The van der Waals surface area contributed by atoms with Crippen LogP contribution < -0.4 is 10.5 Å². The van der Waals surface area contributed by atoms with Crippen molar-refractivity contribution in [3.8, 4) is 0 Å². The first-order valence-corrected chi connectivity index (χ1v) is 8.09. The lowest BCUT2D eigenvalue weighted by atomic mass is 10.1. The number of nitrogens with one attached hydrogen (secondary N) is 1. The normalized spacial score (nSPS) is 11.0. The lowest BCUT2D eigenvalue weighted by molar-refractivity contribution is -0.387. The predicted octanol–water partition coefficient (Wildman–Crippen LogP) is 1.90. The number of benzene rings is 2. The summed E-state index contributed by atoms with van der Waals surface area (Å²) >= 11 is 0. The number of sulfonamides is 1. The molecule has 2 aromatic carbocycles. The maximum atomic E-state index is 13.6. The summed E-state index contributed by atoms with van der Waals surface area (Å²) in [6.45, 7) is 0. The molecule has 0 spiro atoms. The fourth-order valence-electron chi connectivity index (χ4n) is 1.95. The van der Waals surface area contributed by atoms with E-state index in [-0.39, 0.29) is 16.9 Å². The number of hydrogen-bond acceptors (Lipinski definition) is 7. The molecule has 0 saturated heterocycles. The third-order valence-corrected chi connectivity index (χ3v) is 4.55. The first kappa shape index (κ1) is 18.1. The zero-order valence-corrected chi connectivity index (χ0v) is 13.5. The molecule has 25 heavy (non-hydrogen) atoms. The van der Waals surface area contributed by atoms with Crippen LogP contribution >= 0.6 is 0 Å². The fraction of sp³-hybridized carbons (Fsp3) is 0.0714. The van der Waals surface area contributed by atoms with Gasteiger partial charge in [-0.15, -0.1) is 0 Å². The van der Waals surface area contributed by atoms with E-state index in [9.17, 15) is 27.7 Å². The van der Waals surface area contributed by atoms with Crippen molar-refractivity contribution in [3.05, 3.63) is 57.9 Å². The predicted molar refractivity (Wildman–Crippen MR) is 86.1 cm³/mol. The number of carbonyl (C=O) groups is 1. The van der Waals surface area contributed by atoms with E-state index in [1.807, 2.05) is 0 Å². The SMILES string of the molecule is COC(=O)c1cccc(NS(=O)(=O)c2ccc([N+](=O)[O-])c(F)c2)c1N. The number of ether oxygens (including phenoxy) is 1. The van der Waals surface area contributed by atoms with E-state index >= 15 is 0 Å². The lowest BCUT2D eigenvalue weighted by Gasteiger charge is -2.12. The van der Waals surface area contributed by atoms with Crippen molar-refractivity contribution in [2.45, 2.75) is 4.90 Å². The van der Waals surface area contributed by atoms with E-state index in [1.54, 1.807) is 0 Å². The number of nitro groups is 1. The summed E-state index contributed by atoms with van der Waals surface area (Å²) in [5.74, 6) is -2.07. The van der Waals surface area contributed by atoms with Gasteiger partial charge in [0.05, 0.1) is 33.9 Å². The van der Waals surface area contributed by atoms with Crippen LogP contribution in [0.25, 0.3) is 0 Å². The second-order valence-corrected chi connectivity index (χ2v) is 6.42. The number of nitrogens with two attached hydrogens (primary N) is 1. The Morgan fingerprint density at radius 1 is 1.32 bits per heavy atom. The highest BCUT2D eigenvalue weighted by Gasteiger charge is 2.22. The average molecular weight is 369 g/mol. The number of esters is 1. The monoisotopic (exact) mass is 369 g/mol. The molecule has 2 aromatic rings. The number of rotatable bonds is 5. The van der Waals surface area contributed by atoms with Crippen molar-refractivity contribution in [2.75, 3.05) is 17.6 Å². The molecule has 0 aliphatic heterocycles. The van der Waals surface area contributed by atoms with Gasteiger partial charge < -0.3 is 10.5 Å². The molecule has 0 aliphatic rings. The topological polar surface area (TPSA) is 142 Å². The van der Waals surface area contributed by atoms with E-state index in [2.05, 4.69) is 9.46 Å². The maximum Gasteiger partial charge on any atom is 0.340 e. The molecule has 0 aliphatic carbocycles. The standard InChI is InChI=1S/C14H12FN3O6S/c1-24-14(19)9-3-2-4-11(13(9)16)17-25(22,23)8-5-6-12(18(20)21)10(15)7-8/h2-7,17H,16H2,1H3. The number of nitrogen functional groups attached to an aromatic ring is 1. The minimum atomic E-state index is -4.29. The van der Waals surface area contributed by atoms with Crippen molar-refractivity contribution in [3.63, 3.8) is 0 Å². The third-order valence-electron chi connectivity index (χ3n) is 3.18. The first-order valence-electron chi connectivity index (χ1n) is 6.61. The molecule has 3 N–H and O–H groups in total. The zero-order chi connectivity index (χ0) is 18.8. The van der Waals surface area contributed by atoms with Crippen LogP contribution in [-0.2, 0) is 14.8 Å². The molecule has 0 fully saturated rings. The van der Waals surface area contributed by atoms with E-state index in [0.717, 1.165) is 19.2 Å². The van der Waals surface area contributed by atoms with Crippen molar-refractivity contribution >= 4 is 33.1 Å². The number of nitro benzene ring substituents is 1. The van der Waals surface area contributed by atoms with Gasteiger partial charge in [0.1, 0.15) is 0 Å². The summed E-state index contributed by atoms with van der Waals surface area (Å²) in [6.07, 6.45) is 0. The zero-order valence-electron chi connectivity index (χ0n) is 12.7. The van der Waals surface area contributed by atoms with E-state index < -0.39 is 37.3 Å². The average Bonchev–Trinajstić information content (AvgIpc) is 2.55. The second kappa shape index (κ2) is 6.73. The van der Waals surface area contributed by atoms with Crippen molar-refractivity contribution in [1.82, 2.24) is 0 Å². The van der Waals surface area contributed by atoms with Crippen molar-refractivity contribution in [2.24, 2.45) is 0 Å². The third kappa shape index (κ3) is 3.66.